The second-order valence-electron chi connectivity index (χ2n) is 17.0. The van der Waals surface area contributed by atoms with Gasteiger partial charge in [-0.1, -0.05) is 18.9 Å². The number of fused-ring (bicyclic) bond motifs is 2. The number of ether oxygens (including phenoxy) is 1. The molecule has 1 aromatic heterocycles. The van der Waals surface area contributed by atoms with Crippen LogP contribution in [0.3, 0.4) is 0 Å². The third kappa shape index (κ3) is 9.62. The normalized spacial score (nSPS) is 28.4. The first-order valence-corrected chi connectivity index (χ1v) is 20.6. The average Bonchev–Trinajstić information content (AvgIpc) is 3.56. The van der Waals surface area contributed by atoms with Gasteiger partial charge >= 0.3 is 0 Å². The molecule has 9 nitrogen and oxygen atoms in total. The van der Waals surface area contributed by atoms with Crippen molar-refractivity contribution in [2.24, 2.45) is 23.5 Å². The van der Waals surface area contributed by atoms with Crippen molar-refractivity contribution in [3.8, 4) is 5.75 Å². The van der Waals surface area contributed by atoms with E-state index in [1.54, 1.807) is 0 Å². The minimum absolute atomic E-state index is 0.00900. The SMILES string of the molecule is CN1CCCC(CN2CCC(N)CC2)C1.O=C(NC1CCN(C[C@@H]2CCCN3CCCC[C@H]23)CC1)c1cc2c(OCC3CCC3)cccc2[nH]1. The molecule has 6 heterocycles. The molecular weight excluding hydrogens is 622 g/mol. The van der Waals surface area contributed by atoms with Gasteiger partial charge in [-0.25, -0.2) is 0 Å². The summed E-state index contributed by atoms with van der Waals surface area (Å²) >= 11 is 0. The van der Waals surface area contributed by atoms with Gasteiger partial charge in [-0.3, -0.25) is 4.79 Å². The van der Waals surface area contributed by atoms with Crippen LogP contribution in [0.25, 0.3) is 10.9 Å². The highest BCUT2D eigenvalue weighted by Crippen LogP contribution is 2.33. The van der Waals surface area contributed by atoms with Crippen molar-refractivity contribution in [2.75, 3.05) is 79.1 Å². The summed E-state index contributed by atoms with van der Waals surface area (Å²) in [7, 11) is 2.25. The van der Waals surface area contributed by atoms with Crippen LogP contribution >= 0.6 is 0 Å². The fraction of sp³-hybridized carbons (Fsp3) is 0.780. The lowest BCUT2D eigenvalue weighted by atomic mass is 9.83. The molecule has 4 N–H and O–H groups in total. The number of benzene rings is 1. The summed E-state index contributed by atoms with van der Waals surface area (Å²) in [4.78, 5) is 26.9. The molecule has 6 fully saturated rings. The lowest BCUT2D eigenvalue weighted by Crippen LogP contribution is -2.52. The highest BCUT2D eigenvalue weighted by atomic mass is 16.5. The number of nitrogens with one attached hydrogen (secondary N) is 2. The van der Waals surface area contributed by atoms with Crippen molar-refractivity contribution in [1.82, 2.24) is 29.9 Å². The summed E-state index contributed by atoms with van der Waals surface area (Å²) in [6.07, 6.45) is 18.1. The van der Waals surface area contributed by atoms with Crippen molar-refractivity contribution in [2.45, 2.75) is 108 Å². The summed E-state index contributed by atoms with van der Waals surface area (Å²) < 4.78 is 6.11. The Morgan fingerprint density at radius 3 is 2.34 bits per heavy atom. The Labute approximate surface area is 302 Å². The molecule has 1 saturated carbocycles. The van der Waals surface area contributed by atoms with Gasteiger partial charge < -0.3 is 40.4 Å². The van der Waals surface area contributed by atoms with E-state index in [0.29, 0.717) is 17.7 Å². The second-order valence-corrected chi connectivity index (χ2v) is 17.0. The van der Waals surface area contributed by atoms with Crippen molar-refractivity contribution < 1.29 is 9.53 Å². The number of rotatable bonds is 9. The Kier molecular flexibility index (Phi) is 12.7. The largest absolute Gasteiger partial charge is 0.493 e. The molecule has 6 aliphatic rings. The number of carbonyl (C=O) groups is 1. The zero-order valence-electron chi connectivity index (χ0n) is 31.1. The summed E-state index contributed by atoms with van der Waals surface area (Å²) in [5.74, 6) is 3.32. The minimum Gasteiger partial charge on any atom is -0.493 e. The van der Waals surface area contributed by atoms with E-state index in [2.05, 4.69) is 36.9 Å². The molecule has 1 aliphatic carbocycles. The van der Waals surface area contributed by atoms with E-state index in [0.717, 1.165) is 67.1 Å². The molecule has 2 aromatic rings. The Bertz CT molecular complexity index is 1340. The van der Waals surface area contributed by atoms with Crippen molar-refractivity contribution in [3.05, 3.63) is 30.0 Å². The van der Waals surface area contributed by atoms with Gasteiger partial charge in [-0.15, -0.1) is 0 Å². The van der Waals surface area contributed by atoms with Gasteiger partial charge in [0.15, 0.2) is 0 Å². The smallest absolute Gasteiger partial charge is 0.267 e. The zero-order chi connectivity index (χ0) is 34.3. The average molecular weight is 690 g/mol. The molecule has 8 rings (SSSR count). The first kappa shape index (κ1) is 36.2. The third-order valence-corrected chi connectivity index (χ3v) is 13.1. The topological polar surface area (TPSA) is 93.1 Å². The zero-order valence-corrected chi connectivity index (χ0v) is 31.1. The first-order chi connectivity index (χ1) is 24.5. The lowest BCUT2D eigenvalue weighted by molar-refractivity contribution is 0.0351. The van der Waals surface area contributed by atoms with Crippen LogP contribution < -0.4 is 15.8 Å². The molecule has 5 saturated heterocycles. The number of amides is 1. The van der Waals surface area contributed by atoms with Crippen molar-refractivity contribution in [1.29, 1.82) is 0 Å². The number of aromatic nitrogens is 1. The van der Waals surface area contributed by atoms with Gasteiger partial charge in [0.1, 0.15) is 11.4 Å². The van der Waals surface area contributed by atoms with E-state index >= 15 is 0 Å². The molecule has 1 unspecified atom stereocenters. The number of aromatic amines is 1. The molecule has 1 aromatic carbocycles. The van der Waals surface area contributed by atoms with Crippen LogP contribution in [0.15, 0.2) is 24.3 Å². The molecular formula is C41H67N7O2. The van der Waals surface area contributed by atoms with Crippen LogP contribution in [0.5, 0.6) is 5.75 Å². The molecule has 1 amide bonds. The van der Waals surface area contributed by atoms with E-state index in [9.17, 15) is 4.79 Å². The molecule has 3 atom stereocenters. The van der Waals surface area contributed by atoms with E-state index in [4.69, 9.17) is 10.5 Å². The molecule has 0 spiro atoms. The van der Waals surface area contributed by atoms with Gasteiger partial charge in [0, 0.05) is 61.8 Å². The van der Waals surface area contributed by atoms with Crippen LogP contribution in [0, 0.1) is 17.8 Å². The van der Waals surface area contributed by atoms with E-state index in [-0.39, 0.29) is 11.9 Å². The molecule has 5 aliphatic heterocycles. The number of nitrogens with zero attached hydrogens (tertiary/aromatic N) is 4. The maximum Gasteiger partial charge on any atom is 0.267 e. The summed E-state index contributed by atoms with van der Waals surface area (Å²) in [5.41, 5.74) is 7.53. The van der Waals surface area contributed by atoms with E-state index in [1.165, 1.54) is 129 Å². The van der Waals surface area contributed by atoms with Gasteiger partial charge in [0.05, 0.1) is 6.61 Å². The summed E-state index contributed by atoms with van der Waals surface area (Å²) in [5, 5.41) is 4.32. The molecule has 9 heteroatoms. The lowest BCUT2D eigenvalue weighted by Gasteiger charge is -2.46. The van der Waals surface area contributed by atoms with Crippen LogP contribution in [-0.4, -0.2) is 128 Å². The highest BCUT2D eigenvalue weighted by molar-refractivity contribution is 5.99. The second kappa shape index (κ2) is 17.6. The number of piperidine rings is 5. The molecule has 50 heavy (non-hydrogen) atoms. The standard InChI is InChI=1S/C29H42N4O2.C12H25N3/c34-29(26-18-24-25(31-26)9-4-11-28(24)35-20-21-6-3-7-21)30-23-12-16-32(17-13-23)19-22-8-5-15-33-14-2-1-10-27(22)33;1-14-6-2-3-11(9-14)10-15-7-4-12(13)5-8-15/h4,9,11,18,21-23,27,31H,1-3,5-8,10,12-17,19-20H2,(H,30,34);11-12H,2-10,13H2,1H3/t22-,27+;/m0./s1. The van der Waals surface area contributed by atoms with Crippen molar-refractivity contribution in [3.63, 3.8) is 0 Å². The molecule has 0 radical (unpaired) electrons. The van der Waals surface area contributed by atoms with Crippen LogP contribution in [-0.2, 0) is 0 Å². The van der Waals surface area contributed by atoms with E-state index in [1.807, 2.05) is 24.3 Å². The minimum atomic E-state index is 0.00900. The predicted octanol–water partition coefficient (Wildman–Crippen LogP) is 5.56. The molecule has 278 valence electrons. The number of nitrogens with two attached hydrogens (primary N) is 1. The van der Waals surface area contributed by atoms with E-state index < -0.39 is 0 Å². The van der Waals surface area contributed by atoms with Crippen molar-refractivity contribution >= 4 is 16.8 Å². The fourth-order valence-electron chi connectivity index (χ4n) is 9.81. The Morgan fingerprint density at radius 1 is 0.820 bits per heavy atom. The number of hydrogen-bond acceptors (Lipinski definition) is 7. The monoisotopic (exact) mass is 690 g/mol. The van der Waals surface area contributed by atoms with Gasteiger partial charge in [-0.05, 0) is 153 Å². The number of H-pyrrole nitrogens is 1. The van der Waals surface area contributed by atoms with Gasteiger partial charge in [0.2, 0.25) is 0 Å². The van der Waals surface area contributed by atoms with Gasteiger partial charge in [-0.2, -0.15) is 0 Å². The quantitative estimate of drug-likeness (QED) is 0.318. The first-order valence-electron chi connectivity index (χ1n) is 20.6. The highest BCUT2D eigenvalue weighted by Gasteiger charge is 2.34. The Balaban J connectivity index is 0.000000219. The number of carbonyl (C=O) groups excluding carboxylic acids is 1. The molecule has 0 bridgehead atoms. The predicted molar refractivity (Wildman–Crippen MR) is 204 cm³/mol. The van der Waals surface area contributed by atoms with Crippen LogP contribution in [0.1, 0.15) is 100 Å². The van der Waals surface area contributed by atoms with Crippen LogP contribution in [0.4, 0.5) is 0 Å². The maximum absolute atomic E-state index is 13.1. The Hall–Kier alpha value is -2.17. The fourth-order valence-corrected chi connectivity index (χ4v) is 9.81. The third-order valence-electron chi connectivity index (χ3n) is 13.1. The number of likely N-dealkylation sites (tertiary alicyclic amines) is 3. The van der Waals surface area contributed by atoms with Crippen LogP contribution in [0.2, 0.25) is 0 Å². The summed E-state index contributed by atoms with van der Waals surface area (Å²) in [6.45, 7) is 13.2. The Morgan fingerprint density at radius 2 is 1.56 bits per heavy atom. The maximum atomic E-state index is 13.1. The van der Waals surface area contributed by atoms with Gasteiger partial charge in [0.25, 0.3) is 5.91 Å². The summed E-state index contributed by atoms with van der Waals surface area (Å²) in [6, 6.07) is 9.57. The number of hydrogen-bond donors (Lipinski definition) is 3.